The Kier molecular flexibility index (Phi) is 5.10. The van der Waals surface area contributed by atoms with Crippen molar-refractivity contribution in [3.8, 4) is 0 Å². The fraction of sp³-hybridized carbons (Fsp3) is 0.417. The number of benzene rings is 1. The Labute approximate surface area is 113 Å². The van der Waals surface area contributed by atoms with E-state index < -0.39 is 9.84 Å². The predicted octanol–water partition coefficient (Wildman–Crippen LogP) is 1.48. The minimum atomic E-state index is -2.88. The van der Waals surface area contributed by atoms with Crippen LogP contribution in [0.2, 0.25) is 0 Å². The first-order valence-corrected chi connectivity index (χ1v) is 8.08. The van der Waals surface area contributed by atoms with Gasteiger partial charge >= 0.3 is 0 Å². The van der Waals surface area contributed by atoms with Gasteiger partial charge < -0.3 is 11.1 Å². The maximum absolute atomic E-state index is 11.0. The van der Waals surface area contributed by atoms with Gasteiger partial charge in [0, 0.05) is 24.1 Å². The molecule has 3 N–H and O–H groups in total. The molecule has 0 unspecified atom stereocenters. The highest BCUT2D eigenvalue weighted by molar-refractivity contribution is 7.90. The molecule has 0 radical (unpaired) electrons. The van der Waals surface area contributed by atoms with Crippen LogP contribution in [0.3, 0.4) is 0 Å². The summed E-state index contributed by atoms with van der Waals surface area (Å²) in [6.45, 7) is 2.56. The van der Waals surface area contributed by atoms with E-state index in [4.69, 9.17) is 18.0 Å². The van der Waals surface area contributed by atoms with E-state index in [0.29, 0.717) is 18.0 Å². The largest absolute Gasteiger partial charge is 0.389 e. The van der Waals surface area contributed by atoms with Crippen LogP contribution in [-0.2, 0) is 9.84 Å². The van der Waals surface area contributed by atoms with Crippen LogP contribution in [0, 0.1) is 6.92 Å². The number of rotatable bonds is 6. The lowest BCUT2D eigenvalue weighted by atomic mass is 10.1. The summed E-state index contributed by atoms with van der Waals surface area (Å²) in [5, 5.41) is 3.18. The van der Waals surface area contributed by atoms with Crippen molar-refractivity contribution in [2.24, 2.45) is 5.73 Å². The molecule has 0 saturated carbocycles. The van der Waals surface area contributed by atoms with E-state index in [-0.39, 0.29) is 5.75 Å². The molecule has 100 valence electrons. The smallest absolute Gasteiger partial charge is 0.147 e. The van der Waals surface area contributed by atoms with E-state index in [9.17, 15) is 8.42 Å². The van der Waals surface area contributed by atoms with Gasteiger partial charge in [-0.1, -0.05) is 12.2 Å². The van der Waals surface area contributed by atoms with Gasteiger partial charge in [0.2, 0.25) is 0 Å². The molecule has 1 aromatic rings. The van der Waals surface area contributed by atoms with Gasteiger partial charge in [-0.15, -0.1) is 0 Å². The van der Waals surface area contributed by atoms with Gasteiger partial charge in [0.05, 0.1) is 5.75 Å². The third kappa shape index (κ3) is 5.01. The normalized spacial score (nSPS) is 11.2. The van der Waals surface area contributed by atoms with Crippen molar-refractivity contribution < 1.29 is 8.42 Å². The highest BCUT2D eigenvalue weighted by Gasteiger charge is 2.03. The summed E-state index contributed by atoms with van der Waals surface area (Å²) in [5.74, 6) is 0.198. The maximum Gasteiger partial charge on any atom is 0.147 e. The molecule has 6 heteroatoms. The molecule has 1 aromatic carbocycles. The lowest BCUT2D eigenvalue weighted by Crippen LogP contribution is -2.12. The van der Waals surface area contributed by atoms with Crippen molar-refractivity contribution in [3.63, 3.8) is 0 Å². The first kappa shape index (κ1) is 14.9. The summed E-state index contributed by atoms with van der Waals surface area (Å²) >= 11 is 4.93. The van der Waals surface area contributed by atoms with Crippen molar-refractivity contribution in [2.75, 3.05) is 23.9 Å². The number of hydrogen-bond acceptors (Lipinski definition) is 4. The number of anilines is 1. The van der Waals surface area contributed by atoms with Crippen molar-refractivity contribution in [1.82, 2.24) is 0 Å². The SMILES string of the molecule is Cc1cc(NCCCS(C)(=O)=O)ccc1C(N)=S. The van der Waals surface area contributed by atoms with Crippen LogP contribution in [0.5, 0.6) is 0 Å². The van der Waals surface area contributed by atoms with Crippen LogP contribution in [0.15, 0.2) is 18.2 Å². The summed E-state index contributed by atoms with van der Waals surface area (Å²) in [5.41, 5.74) is 8.40. The van der Waals surface area contributed by atoms with Gasteiger partial charge in [0.1, 0.15) is 14.8 Å². The number of hydrogen-bond donors (Lipinski definition) is 2. The van der Waals surface area contributed by atoms with Crippen LogP contribution >= 0.6 is 12.2 Å². The number of thiocarbonyl (C=S) groups is 1. The molecule has 0 spiro atoms. The lowest BCUT2D eigenvalue weighted by Gasteiger charge is -2.09. The van der Waals surface area contributed by atoms with E-state index in [1.165, 1.54) is 6.26 Å². The van der Waals surface area contributed by atoms with Crippen LogP contribution < -0.4 is 11.1 Å². The molecule has 0 aromatic heterocycles. The summed E-state index contributed by atoms with van der Waals surface area (Å²) in [4.78, 5) is 0.385. The predicted molar refractivity (Wildman–Crippen MR) is 79.9 cm³/mol. The monoisotopic (exact) mass is 286 g/mol. The Morgan fingerprint density at radius 2 is 2.11 bits per heavy atom. The Balaban J connectivity index is 2.54. The zero-order chi connectivity index (χ0) is 13.8. The second-order valence-corrected chi connectivity index (χ2v) is 7.00. The molecule has 0 fully saturated rings. The summed E-state index contributed by atoms with van der Waals surface area (Å²) in [7, 11) is -2.88. The molecule has 0 atom stereocenters. The van der Waals surface area contributed by atoms with Crippen molar-refractivity contribution in [1.29, 1.82) is 0 Å². The standard InChI is InChI=1S/C12H18N2O2S2/c1-9-8-10(4-5-11(9)12(13)17)14-6-3-7-18(2,15)16/h4-5,8,14H,3,6-7H2,1-2H3,(H2,13,17). The Hall–Kier alpha value is -1.14. The Morgan fingerprint density at radius 1 is 1.44 bits per heavy atom. The van der Waals surface area contributed by atoms with Crippen LogP contribution in [0.1, 0.15) is 17.5 Å². The minimum Gasteiger partial charge on any atom is -0.389 e. The van der Waals surface area contributed by atoms with Crippen molar-refractivity contribution in [3.05, 3.63) is 29.3 Å². The van der Waals surface area contributed by atoms with E-state index >= 15 is 0 Å². The first-order valence-electron chi connectivity index (χ1n) is 5.61. The molecule has 0 aliphatic carbocycles. The van der Waals surface area contributed by atoms with Gasteiger partial charge in [0.25, 0.3) is 0 Å². The van der Waals surface area contributed by atoms with E-state index in [0.717, 1.165) is 16.8 Å². The van der Waals surface area contributed by atoms with Gasteiger partial charge in [-0.2, -0.15) is 0 Å². The lowest BCUT2D eigenvalue weighted by molar-refractivity contribution is 0.600. The third-order valence-electron chi connectivity index (χ3n) is 2.51. The van der Waals surface area contributed by atoms with Crippen LogP contribution in [0.4, 0.5) is 5.69 Å². The number of sulfone groups is 1. The zero-order valence-electron chi connectivity index (χ0n) is 10.6. The summed E-state index contributed by atoms with van der Waals surface area (Å²) < 4.78 is 21.9. The van der Waals surface area contributed by atoms with E-state index in [1.54, 1.807) is 0 Å². The third-order valence-corrected chi connectivity index (χ3v) is 3.76. The molecule has 1 rings (SSSR count). The van der Waals surface area contributed by atoms with Crippen molar-refractivity contribution in [2.45, 2.75) is 13.3 Å². The number of aryl methyl sites for hydroxylation is 1. The average Bonchev–Trinajstić information content (AvgIpc) is 2.22. The molecular weight excluding hydrogens is 268 g/mol. The van der Waals surface area contributed by atoms with E-state index in [1.807, 2.05) is 25.1 Å². The molecule has 18 heavy (non-hydrogen) atoms. The Morgan fingerprint density at radius 3 is 2.61 bits per heavy atom. The quantitative estimate of drug-likeness (QED) is 0.612. The highest BCUT2D eigenvalue weighted by atomic mass is 32.2. The van der Waals surface area contributed by atoms with Gasteiger partial charge in [-0.3, -0.25) is 0 Å². The van der Waals surface area contributed by atoms with Gasteiger partial charge in [-0.05, 0) is 37.1 Å². The van der Waals surface area contributed by atoms with Crippen LogP contribution in [-0.4, -0.2) is 32.0 Å². The molecule has 4 nitrogen and oxygen atoms in total. The maximum atomic E-state index is 11.0. The molecule has 0 heterocycles. The molecule has 0 aliphatic rings. The van der Waals surface area contributed by atoms with Gasteiger partial charge in [0.15, 0.2) is 0 Å². The fourth-order valence-electron chi connectivity index (χ4n) is 1.62. The number of nitrogens with two attached hydrogens (primary N) is 1. The summed E-state index contributed by atoms with van der Waals surface area (Å²) in [6.07, 6.45) is 1.84. The number of nitrogens with one attached hydrogen (secondary N) is 1. The Bertz CT molecular complexity index is 539. The summed E-state index contributed by atoms with van der Waals surface area (Å²) in [6, 6.07) is 5.72. The topological polar surface area (TPSA) is 72.2 Å². The zero-order valence-corrected chi connectivity index (χ0v) is 12.2. The highest BCUT2D eigenvalue weighted by Crippen LogP contribution is 2.15. The molecule has 0 saturated heterocycles. The molecule has 0 bridgehead atoms. The first-order chi connectivity index (χ1) is 8.29. The minimum absolute atomic E-state index is 0.198. The van der Waals surface area contributed by atoms with Crippen LogP contribution in [0.25, 0.3) is 0 Å². The van der Waals surface area contributed by atoms with E-state index in [2.05, 4.69) is 5.32 Å². The van der Waals surface area contributed by atoms with Gasteiger partial charge in [-0.25, -0.2) is 8.42 Å². The molecule has 0 aliphatic heterocycles. The average molecular weight is 286 g/mol. The fourth-order valence-corrected chi connectivity index (χ4v) is 2.51. The molecular formula is C12H18N2O2S2. The second kappa shape index (κ2) is 6.15. The second-order valence-electron chi connectivity index (χ2n) is 4.30. The van der Waals surface area contributed by atoms with Crippen molar-refractivity contribution >= 4 is 32.7 Å². The molecule has 0 amide bonds.